The van der Waals surface area contributed by atoms with E-state index in [9.17, 15) is 4.79 Å². The smallest absolute Gasteiger partial charge is 0.257 e. The molecule has 1 aromatic carbocycles. The van der Waals surface area contributed by atoms with Gasteiger partial charge in [-0.2, -0.15) is 0 Å². The highest BCUT2D eigenvalue weighted by molar-refractivity contribution is 9.10. The number of nitrogens with two attached hydrogens (primary N) is 1. The fraction of sp³-hybridized carbons (Fsp3) is 0. The Hall–Kier alpha value is -1.40. The maximum absolute atomic E-state index is 11.9. The van der Waals surface area contributed by atoms with Crippen molar-refractivity contribution in [2.45, 2.75) is 0 Å². The van der Waals surface area contributed by atoms with Crippen LogP contribution in [0.2, 0.25) is 0 Å². The standard InChI is InChI=1S/C12H9Br2N3O/c13-8-3-7(5-16-6-8)12(18)17-9-1-2-11(15)10(14)4-9/h1-6H,15H2,(H,17,18). The number of carbonyl (C=O) groups is 1. The summed E-state index contributed by atoms with van der Waals surface area (Å²) in [4.78, 5) is 15.9. The van der Waals surface area contributed by atoms with Crippen molar-refractivity contribution in [2.75, 3.05) is 11.1 Å². The van der Waals surface area contributed by atoms with Gasteiger partial charge in [0.25, 0.3) is 5.91 Å². The number of hydrogen-bond donors (Lipinski definition) is 2. The lowest BCUT2D eigenvalue weighted by Crippen LogP contribution is -2.12. The van der Waals surface area contributed by atoms with Gasteiger partial charge in [-0.1, -0.05) is 0 Å². The molecule has 0 bridgehead atoms. The Morgan fingerprint density at radius 3 is 2.67 bits per heavy atom. The third-order valence-electron chi connectivity index (χ3n) is 2.23. The van der Waals surface area contributed by atoms with Gasteiger partial charge in [-0.05, 0) is 56.1 Å². The van der Waals surface area contributed by atoms with Crippen molar-refractivity contribution in [1.29, 1.82) is 0 Å². The third kappa shape index (κ3) is 3.08. The molecule has 18 heavy (non-hydrogen) atoms. The highest BCUT2D eigenvalue weighted by Gasteiger charge is 2.07. The second kappa shape index (κ2) is 5.49. The van der Waals surface area contributed by atoms with E-state index in [2.05, 4.69) is 42.2 Å². The number of carbonyl (C=O) groups excluding carboxylic acids is 1. The second-order valence-electron chi connectivity index (χ2n) is 3.58. The summed E-state index contributed by atoms with van der Waals surface area (Å²) in [5.74, 6) is -0.222. The van der Waals surface area contributed by atoms with Crippen molar-refractivity contribution in [2.24, 2.45) is 0 Å². The summed E-state index contributed by atoms with van der Waals surface area (Å²) >= 11 is 6.58. The van der Waals surface area contributed by atoms with Crippen LogP contribution in [0.5, 0.6) is 0 Å². The molecule has 1 heterocycles. The first-order valence-electron chi connectivity index (χ1n) is 5.03. The van der Waals surface area contributed by atoms with Crippen molar-refractivity contribution in [3.05, 3.63) is 51.2 Å². The van der Waals surface area contributed by atoms with Gasteiger partial charge in [0.2, 0.25) is 0 Å². The number of aromatic nitrogens is 1. The van der Waals surface area contributed by atoms with E-state index < -0.39 is 0 Å². The molecule has 0 spiro atoms. The Balaban J connectivity index is 2.18. The van der Waals surface area contributed by atoms with Gasteiger partial charge in [0.1, 0.15) is 0 Å². The van der Waals surface area contributed by atoms with Crippen LogP contribution >= 0.6 is 31.9 Å². The highest BCUT2D eigenvalue weighted by Crippen LogP contribution is 2.23. The van der Waals surface area contributed by atoms with E-state index in [1.165, 1.54) is 6.20 Å². The van der Waals surface area contributed by atoms with Crippen LogP contribution in [-0.4, -0.2) is 10.9 Å². The minimum atomic E-state index is -0.222. The minimum absolute atomic E-state index is 0.222. The quantitative estimate of drug-likeness (QED) is 0.795. The highest BCUT2D eigenvalue weighted by atomic mass is 79.9. The summed E-state index contributed by atoms with van der Waals surface area (Å²) in [5.41, 5.74) is 7.45. The number of nitrogen functional groups attached to an aromatic ring is 1. The summed E-state index contributed by atoms with van der Waals surface area (Å²) in [6, 6.07) is 6.91. The summed E-state index contributed by atoms with van der Waals surface area (Å²) < 4.78 is 1.50. The molecule has 4 nitrogen and oxygen atoms in total. The van der Waals surface area contributed by atoms with Crippen LogP contribution in [0.15, 0.2) is 45.6 Å². The van der Waals surface area contributed by atoms with Crippen LogP contribution in [0.1, 0.15) is 10.4 Å². The molecule has 3 N–H and O–H groups in total. The fourth-order valence-corrected chi connectivity index (χ4v) is 2.09. The molecule has 2 rings (SSSR count). The molecule has 0 aliphatic heterocycles. The fourth-order valence-electron chi connectivity index (χ4n) is 1.34. The molecule has 92 valence electrons. The van der Waals surface area contributed by atoms with Gasteiger partial charge in [0, 0.05) is 32.7 Å². The Bertz CT molecular complexity index is 602. The molecule has 0 saturated heterocycles. The lowest BCUT2D eigenvalue weighted by molar-refractivity contribution is 0.102. The van der Waals surface area contributed by atoms with Crippen LogP contribution < -0.4 is 11.1 Å². The van der Waals surface area contributed by atoms with Crippen molar-refractivity contribution >= 4 is 49.1 Å². The Morgan fingerprint density at radius 1 is 1.22 bits per heavy atom. The van der Waals surface area contributed by atoms with Gasteiger partial charge in [-0.15, -0.1) is 0 Å². The topological polar surface area (TPSA) is 68.0 Å². The zero-order valence-electron chi connectivity index (χ0n) is 9.15. The van der Waals surface area contributed by atoms with E-state index in [1.54, 1.807) is 30.5 Å². The molecule has 0 aliphatic rings. The number of amides is 1. The predicted molar refractivity (Wildman–Crippen MR) is 78.4 cm³/mol. The molecular weight excluding hydrogens is 362 g/mol. The first kappa shape index (κ1) is 13.0. The predicted octanol–water partition coefficient (Wildman–Crippen LogP) is 3.44. The van der Waals surface area contributed by atoms with Crippen LogP contribution in [0.3, 0.4) is 0 Å². The molecule has 0 atom stereocenters. The van der Waals surface area contributed by atoms with Crippen molar-refractivity contribution in [1.82, 2.24) is 4.98 Å². The van der Waals surface area contributed by atoms with Crippen LogP contribution in [0.25, 0.3) is 0 Å². The van der Waals surface area contributed by atoms with Crippen LogP contribution in [0, 0.1) is 0 Å². The van der Waals surface area contributed by atoms with Crippen molar-refractivity contribution in [3.63, 3.8) is 0 Å². The number of rotatable bonds is 2. The van der Waals surface area contributed by atoms with E-state index in [-0.39, 0.29) is 5.91 Å². The lowest BCUT2D eigenvalue weighted by Gasteiger charge is -2.06. The van der Waals surface area contributed by atoms with Gasteiger partial charge in [-0.3, -0.25) is 9.78 Å². The van der Waals surface area contributed by atoms with Gasteiger partial charge in [0.15, 0.2) is 0 Å². The first-order valence-corrected chi connectivity index (χ1v) is 6.62. The van der Waals surface area contributed by atoms with Gasteiger partial charge < -0.3 is 11.1 Å². The van der Waals surface area contributed by atoms with Crippen LogP contribution in [0.4, 0.5) is 11.4 Å². The molecular formula is C12H9Br2N3O. The molecule has 0 radical (unpaired) electrons. The Labute approximate surface area is 121 Å². The van der Waals surface area contributed by atoms with Crippen LogP contribution in [-0.2, 0) is 0 Å². The maximum atomic E-state index is 11.9. The van der Waals surface area contributed by atoms with Gasteiger partial charge in [0.05, 0.1) is 5.56 Å². The molecule has 6 heteroatoms. The van der Waals surface area contributed by atoms with Crippen molar-refractivity contribution < 1.29 is 4.79 Å². The monoisotopic (exact) mass is 369 g/mol. The Morgan fingerprint density at radius 2 is 2.00 bits per heavy atom. The second-order valence-corrected chi connectivity index (χ2v) is 5.35. The SMILES string of the molecule is Nc1ccc(NC(=O)c2cncc(Br)c2)cc1Br. The summed E-state index contributed by atoms with van der Waals surface area (Å²) in [5, 5.41) is 2.77. The Kier molecular flexibility index (Phi) is 3.98. The first-order chi connectivity index (χ1) is 8.56. The molecule has 0 aliphatic carbocycles. The average Bonchev–Trinajstić information content (AvgIpc) is 2.34. The summed E-state index contributed by atoms with van der Waals surface area (Å²) in [6.07, 6.45) is 3.13. The number of nitrogens with one attached hydrogen (secondary N) is 1. The lowest BCUT2D eigenvalue weighted by atomic mass is 10.2. The minimum Gasteiger partial charge on any atom is -0.398 e. The van der Waals surface area contributed by atoms with E-state index in [1.807, 2.05) is 0 Å². The number of halogens is 2. The van der Waals surface area contributed by atoms with E-state index in [0.29, 0.717) is 16.9 Å². The zero-order chi connectivity index (χ0) is 13.1. The molecule has 0 unspecified atom stereocenters. The average molecular weight is 371 g/mol. The van der Waals surface area contributed by atoms with Gasteiger partial charge >= 0.3 is 0 Å². The number of nitrogens with zero attached hydrogens (tertiary/aromatic N) is 1. The number of pyridine rings is 1. The normalized spacial score (nSPS) is 10.1. The molecule has 0 saturated carbocycles. The maximum Gasteiger partial charge on any atom is 0.257 e. The largest absolute Gasteiger partial charge is 0.398 e. The number of benzene rings is 1. The third-order valence-corrected chi connectivity index (χ3v) is 3.35. The zero-order valence-corrected chi connectivity index (χ0v) is 12.3. The molecule has 0 fully saturated rings. The van der Waals surface area contributed by atoms with E-state index in [0.717, 1.165) is 8.95 Å². The number of hydrogen-bond acceptors (Lipinski definition) is 3. The van der Waals surface area contributed by atoms with E-state index in [4.69, 9.17) is 5.73 Å². The van der Waals surface area contributed by atoms with Gasteiger partial charge in [-0.25, -0.2) is 0 Å². The molecule has 1 aromatic heterocycles. The molecule has 1 amide bonds. The molecule has 2 aromatic rings. The number of anilines is 2. The van der Waals surface area contributed by atoms with Crippen molar-refractivity contribution in [3.8, 4) is 0 Å². The summed E-state index contributed by atoms with van der Waals surface area (Å²) in [6.45, 7) is 0. The summed E-state index contributed by atoms with van der Waals surface area (Å²) in [7, 11) is 0. The van der Waals surface area contributed by atoms with E-state index >= 15 is 0 Å².